The van der Waals surface area contributed by atoms with Gasteiger partial charge in [-0.3, -0.25) is 4.79 Å². The van der Waals surface area contributed by atoms with Gasteiger partial charge < -0.3 is 16.0 Å². The van der Waals surface area contributed by atoms with E-state index in [-0.39, 0.29) is 18.5 Å². The first kappa shape index (κ1) is 15.1. The van der Waals surface area contributed by atoms with Crippen LogP contribution in [0.4, 0.5) is 13.2 Å². The van der Waals surface area contributed by atoms with E-state index in [4.69, 9.17) is 0 Å². The average Bonchev–Trinajstić information content (AvgIpc) is 2.46. The topological polar surface area (TPSA) is 53.2 Å². The lowest BCUT2D eigenvalue weighted by Crippen LogP contribution is -2.52. The zero-order valence-corrected chi connectivity index (χ0v) is 12.0. The van der Waals surface area contributed by atoms with Gasteiger partial charge in [0.2, 0.25) is 0 Å². The number of carbonyl (C=O) groups is 1. The van der Waals surface area contributed by atoms with Crippen LogP contribution in [0.2, 0.25) is 0 Å². The van der Waals surface area contributed by atoms with Gasteiger partial charge >= 0.3 is 0 Å². The molecule has 0 aromatic rings. The third-order valence-corrected chi connectivity index (χ3v) is 4.09. The van der Waals surface area contributed by atoms with Gasteiger partial charge in [0.15, 0.2) is 6.30 Å². The summed E-state index contributed by atoms with van der Waals surface area (Å²) in [6.07, 6.45) is 3.58. The molecule has 1 aliphatic carbocycles. The van der Waals surface area contributed by atoms with Crippen LogP contribution in [0.15, 0.2) is 35.1 Å². The third kappa shape index (κ3) is 3.19. The fraction of sp³-hybridized carbons (Fsp3) is 0.533. The van der Waals surface area contributed by atoms with E-state index in [9.17, 15) is 18.0 Å². The van der Waals surface area contributed by atoms with Gasteiger partial charge in [-0.25, -0.2) is 13.2 Å². The second-order valence-corrected chi connectivity index (χ2v) is 5.83. The molecule has 4 nitrogen and oxygen atoms in total. The molecule has 0 aromatic heterocycles. The van der Waals surface area contributed by atoms with Crippen LogP contribution in [0.1, 0.15) is 19.3 Å². The maximum atomic E-state index is 14.2. The predicted octanol–water partition coefficient (Wildman–Crippen LogP) is 1.53. The van der Waals surface area contributed by atoms with Crippen molar-refractivity contribution in [2.24, 2.45) is 0 Å². The van der Waals surface area contributed by atoms with E-state index in [2.05, 4.69) is 16.0 Å². The van der Waals surface area contributed by atoms with Crippen LogP contribution < -0.4 is 16.0 Å². The summed E-state index contributed by atoms with van der Waals surface area (Å²) in [6, 6.07) is -0.541. The molecule has 7 heteroatoms. The van der Waals surface area contributed by atoms with Crippen molar-refractivity contribution >= 4 is 5.91 Å². The smallest absolute Gasteiger partial charge is 0.267 e. The van der Waals surface area contributed by atoms with Crippen LogP contribution in [-0.4, -0.2) is 37.3 Å². The minimum atomic E-state index is -2.69. The number of carbonyl (C=O) groups excluding carboxylic acids is 1. The Kier molecular flexibility index (Phi) is 3.99. The van der Waals surface area contributed by atoms with Crippen molar-refractivity contribution in [3.63, 3.8) is 0 Å². The fourth-order valence-corrected chi connectivity index (χ4v) is 2.84. The van der Waals surface area contributed by atoms with Gasteiger partial charge in [0.05, 0.1) is 0 Å². The molecule has 0 saturated heterocycles. The van der Waals surface area contributed by atoms with Crippen LogP contribution in [0.3, 0.4) is 0 Å². The first-order chi connectivity index (χ1) is 10.4. The third-order valence-electron chi connectivity index (χ3n) is 4.09. The van der Waals surface area contributed by atoms with Crippen LogP contribution in [0.5, 0.6) is 0 Å². The van der Waals surface area contributed by atoms with E-state index in [1.165, 1.54) is 6.08 Å². The molecule has 3 aliphatic rings. The molecule has 1 fully saturated rings. The molecule has 0 spiro atoms. The van der Waals surface area contributed by atoms with Crippen molar-refractivity contribution < 1.29 is 18.0 Å². The van der Waals surface area contributed by atoms with Gasteiger partial charge in [-0.15, -0.1) is 0 Å². The van der Waals surface area contributed by atoms with E-state index in [0.29, 0.717) is 12.1 Å². The van der Waals surface area contributed by atoms with Crippen molar-refractivity contribution in [1.82, 2.24) is 16.0 Å². The molecule has 2 heterocycles. The Bertz CT molecular complexity index is 560. The lowest BCUT2D eigenvalue weighted by atomic mass is 9.88. The van der Waals surface area contributed by atoms with E-state index in [1.807, 2.05) is 6.08 Å². The number of nitrogens with one attached hydrogen (secondary N) is 3. The van der Waals surface area contributed by atoms with Gasteiger partial charge in [-0.1, -0.05) is 12.2 Å². The van der Waals surface area contributed by atoms with Crippen LogP contribution in [0, 0.1) is 0 Å². The minimum Gasteiger partial charge on any atom is -0.348 e. The molecular formula is C15H18F3N3O. The highest BCUT2D eigenvalue weighted by Gasteiger charge is 2.46. The summed E-state index contributed by atoms with van der Waals surface area (Å²) in [5, 5.41) is 8.14. The summed E-state index contributed by atoms with van der Waals surface area (Å²) < 4.78 is 39.7. The van der Waals surface area contributed by atoms with E-state index >= 15 is 0 Å². The molecule has 120 valence electrons. The molecule has 1 unspecified atom stereocenters. The SMILES string of the molecule is O=C(NC1CC(F)(F)C1)C1=CC=C(C2=CCNCC2)C(F)N1. The Hall–Kier alpha value is -1.76. The Morgan fingerprint density at radius 2 is 2.09 bits per heavy atom. The number of hydrogen-bond acceptors (Lipinski definition) is 3. The molecule has 0 aromatic carbocycles. The summed E-state index contributed by atoms with van der Waals surface area (Å²) in [6.45, 7) is 1.50. The number of alkyl halides is 3. The summed E-state index contributed by atoms with van der Waals surface area (Å²) in [5.41, 5.74) is 1.52. The van der Waals surface area contributed by atoms with Gasteiger partial charge in [-0.2, -0.15) is 0 Å². The number of dihydropyridines is 1. The zero-order valence-electron chi connectivity index (χ0n) is 12.0. The Morgan fingerprint density at radius 1 is 1.32 bits per heavy atom. The van der Waals surface area contributed by atoms with Crippen LogP contribution >= 0.6 is 0 Å². The van der Waals surface area contributed by atoms with Gasteiger partial charge in [0.1, 0.15) is 5.70 Å². The van der Waals surface area contributed by atoms with Crippen molar-refractivity contribution in [2.75, 3.05) is 13.1 Å². The normalized spacial score (nSPS) is 27.8. The minimum absolute atomic E-state index is 0.0704. The molecule has 22 heavy (non-hydrogen) atoms. The van der Waals surface area contributed by atoms with Crippen molar-refractivity contribution in [3.05, 3.63) is 35.1 Å². The number of rotatable bonds is 3. The second-order valence-electron chi connectivity index (χ2n) is 5.83. The quantitative estimate of drug-likeness (QED) is 0.693. The Labute approximate surface area is 126 Å². The molecule has 3 rings (SSSR count). The highest BCUT2D eigenvalue weighted by atomic mass is 19.3. The monoisotopic (exact) mass is 313 g/mol. The molecular weight excluding hydrogens is 295 g/mol. The number of amides is 1. The average molecular weight is 313 g/mol. The highest BCUT2D eigenvalue weighted by molar-refractivity contribution is 5.93. The van der Waals surface area contributed by atoms with Crippen molar-refractivity contribution in [1.29, 1.82) is 0 Å². The molecule has 2 aliphatic heterocycles. The number of halogens is 3. The van der Waals surface area contributed by atoms with Gasteiger partial charge in [0, 0.05) is 31.0 Å². The maximum absolute atomic E-state index is 14.2. The lowest BCUT2D eigenvalue weighted by molar-refractivity contribution is -0.126. The number of hydrogen-bond donors (Lipinski definition) is 3. The summed E-state index contributed by atoms with van der Waals surface area (Å²) in [7, 11) is 0. The maximum Gasteiger partial charge on any atom is 0.267 e. The Balaban J connectivity index is 1.63. The summed E-state index contributed by atoms with van der Waals surface area (Å²) in [4.78, 5) is 11.9. The summed E-state index contributed by atoms with van der Waals surface area (Å²) in [5.74, 6) is -3.23. The molecule has 1 atom stereocenters. The molecule has 1 saturated carbocycles. The highest BCUT2D eigenvalue weighted by Crippen LogP contribution is 2.37. The van der Waals surface area contributed by atoms with Crippen molar-refractivity contribution in [3.8, 4) is 0 Å². The van der Waals surface area contributed by atoms with Gasteiger partial charge in [-0.05, 0) is 24.6 Å². The van der Waals surface area contributed by atoms with Gasteiger partial charge in [0.25, 0.3) is 11.8 Å². The largest absolute Gasteiger partial charge is 0.348 e. The summed E-state index contributed by atoms with van der Waals surface area (Å²) >= 11 is 0. The lowest BCUT2D eigenvalue weighted by Gasteiger charge is -2.35. The first-order valence-electron chi connectivity index (χ1n) is 7.36. The van der Waals surface area contributed by atoms with Crippen LogP contribution in [-0.2, 0) is 4.79 Å². The van der Waals surface area contributed by atoms with E-state index in [1.54, 1.807) is 6.08 Å². The number of allylic oxidation sites excluding steroid dienone is 2. The zero-order chi connectivity index (χ0) is 15.7. The van der Waals surface area contributed by atoms with E-state index in [0.717, 1.165) is 18.5 Å². The predicted molar refractivity (Wildman–Crippen MR) is 75.9 cm³/mol. The van der Waals surface area contributed by atoms with E-state index < -0.39 is 24.2 Å². The molecule has 0 bridgehead atoms. The molecule has 0 radical (unpaired) electrons. The van der Waals surface area contributed by atoms with Crippen molar-refractivity contribution in [2.45, 2.75) is 37.5 Å². The second kappa shape index (κ2) is 5.79. The fourth-order valence-electron chi connectivity index (χ4n) is 2.84. The Morgan fingerprint density at radius 3 is 2.68 bits per heavy atom. The molecule has 3 N–H and O–H groups in total. The standard InChI is InChI=1S/C15H18F3N3O/c16-13-11(9-3-5-19-6-4-9)1-2-12(21-13)14(22)20-10-7-15(17,18)8-10/h1-3,10,13,19,21H,4-8H2,(H,20,22). The molecule has 1 amide bonds. The van der Waals surface area contributed by atoms with Crippen LogP contribution in [0.25, 0.3) is 0 Å². The first-order valence-corrected chi connectivity index (χ1v) is 7.36.